The van der Waals surface area contributed by atoms with Gasteiger partial charge in [-0.05, 0) is 71.9 Å². The van der Waals surface area contributed by atoms with Gasteiger partial charge in [-0.3, -0.25) is 0 Å². The predicted octanol–water partition coefficient (Wildman–Crippen LogP) is 5.62. The predicted molar refractivity (Wildman–Crippen MR) is 133 cm³/mol. The fourth-order valence-corrected chi connectivity index (χ4v) is 4.15. The minimum atomic E-state index is 0.512. The lowest BCUT2D eigenvalue weighted by Crippen LogP contribution is -2.38. The summed E-state index contributed by atoms with van der Waals surface area (Å²) in [6.45, 7) is 2.02. The number of ether oxygens (including phenoxy) is 2. The van der Waals surface area contributed by atoms with Gasteiger partial charge in [0.25, 0.3) is 0 Å². The number of methoxy groups -OCH3 is 2. The second kappa shape index (κ2) is 9.03. The molecule has 0 radical (unpaired) electrons. The Kier molecular flexibility index (Phi) is 5.77. The van der Waals surface area contributed by atoms with Crippen LogP contribution in [-0.4, -0.2) is 29.4 Å². The second-order valence-electron chi connectivity index (χ2n) is 7.75. The van der Waals surface area contributed by atoms with Crippen molar-refractivity contribution in [1.29, 1.82) is 0 Å². The second-order valence-corrected chi connectivity index (χ2v) is 8.18. The number of hydrogen-bond acceptors (Lipinski definition) is 5. The summed E-state index contributed by atoms with van der Waals surface area (Å²) in [5.41, 5.74) is 3.75. The summed E-state index contributed by atoms with van der Waals surface area (Å²) in [5.74, 6) is 2.36. The fraction of sp³-hybridized carbons (Fsp3) is 0.115. The van der Waals surface area contributed by atoms with Crippen molar-refractivity contribution < 1.29 is 14.0 Å². The summed E-state index contributed by atoms with van der Waals surface area (Å²) in [6, 6.07) is 23.6. The van der Waals surface area contributed by atoms with Crippen molar-refractivity contribution in [3.63, 3.8) is 0 Å². The monoisotopic (exact) mass is 472 g/mol. The Labute approximate surface area is 202 Å². The van der Waals surface area contributed by atoms with Crippen molar-refractivity contribution in [2.45, 2.75) is 6.92 Å². The third-order valence-electron chi connectivity index (χ3n) is 5.58. The van der Waals surface area contributed by atoms with E-state index in [1.165, 1.54) is 0 Å². The SMILES string of the molecule is COc1cc2cc(C)[n+](-c3n[nH]c(Nc4ccccc4)n3)c(-c3ccc(Cl)cc3)c2cc1OC. The van der Waals surface area contributed by atoms with E-state index in [4.69, 9.17) is 26.1 Å². The van der Waals surface area contributed by atoms with Gasteiger partial charge in [-0.25, -0.2) is 0 Å². The molecule has 2 heterocycles. The number of hydrogen-bond donors (Lipinski definition) is 2. The largest absolute Gasteiger partial charge is 0.493 e. The van der Waals surface area contributed by atoms with Crippen molar-refractivity contribution in [2.24, 2.45) is 0 Å². The lowest BCUT2D eigenvalue weighted by molar-refractivity contribution is -0.597. The number of rotatable bonds is 6. The van der Waals surface area contributed by atoms with E-state index in [1.807, 2.05) is 78.2 Å². The number of aryl methyl sites for hydroxylation is 1. The van der Waals surface area contributed by atoms with Crippen LogP contribution in [0.1, 0.15) is 5.69 Å². The minimum Gasteiger partial charge on any atom is -0.493 e. The number of nitrogens with zero attached hydrogens (tertiary/aromatic N) is 3. The maximum atomic E-state index is 6.19. The van der Waals surface area contributed by atoms with Crippen LogP contribution in [0.3, 0.4) is 0 Å². The smallest absolute Gasteiger partial charge is 0.462 e. The van der Waals surface area contributed by atoms with Gasteiger partial charge in [-0.1, -0.05) is 29.8 Å². The Balaban J connectivity index is 1.73. The molecule has 34 heavy (non-hydrogen) atoms. The molecule has 170 valence electrons. The number of aromatic nitrogens is 4. The third kappa shape index (κ3) is 4.02. The standard InChI is InChI=1S/C26H23ClN5O2/c1-16-13-18-14-22(33-2)23(34-3)15-21(18)24(17-9-11-19(27)12-10-17)32(16)26-29-25(30-31-26)28-20-7-5-4-6-8-20/h4-15H,1-3H3,(H2,28,29,30,31)/q+1. The number of H-pyrrole nitrogens is 1. The zero-order valence-corrected chi connectivity index (χ0v) is 19.7. The molecular formula is C26H23ClN5O2+. The normalized spacial score (nSPS) is 10.9. The zero-order valence-electron chi connectivity index (χ0n) is 19.0. The third-order valence-corrected chi connectivity index (χ3v) is 5.83. The number of aromatic amines is 1. The highest BCUT2D eigenvalue weighted by atomic mass is 35.5. The van der Waals surface area contributed by atoms with Crippen LogP contribution < -0.4 is 19.4 Å². The quantitative estimate of drug-likeness (QED) is 0.313. The number of para-hydroxylation sites is 1. The highest BCUT2D eigenvalue weighted by Gasteiger charge is 2.25. The van der Waals surface area contributed by atoms with Crippen LogP contribution in [0.5, 0.6) is 11.5 Å². The van der Waals surface area contributed by atoms with E-state index in [1.54, 1.807) is 14.2 Å². The van der Waals surface area contributed by atoms with E-state index in [2.05, 4.69) is 21.6 Å². The van der Waals surface area contributed by atoms with Crippen LogP contribution in [0.15, 0.2) is 72.8 Å². The average molecular weight is 473 g/mol. The Hall–Kier alpha value is -4.10. The first-order valence-corrected chi connectivity index (χ1v) is 11.1. The van der Waals surface area contributed by atoms with E-state index >= 15 is 0 Å². The Morgan fingerprint density at radius 2 is 1.62 bits per heavy atom. The molecule has 2 aromatic heterocycles. The van der Waals surface area contributed by atoms with Gasteiger partial charge < -0.3 is 14.8 Å². The van der Waals surface area contributed by atoms with Gasteiger partial charge in [0, 0.05) is 26.8 Å². The minimum absolute atomic E-state index is 0.512. The molecule has 0 saturated heterocycles. The van der Waals surface area contributed by atoms with Gasteiger partial charge in [0.05, 0.1) is 19.9 Å². The molecule has 8 heteroatoms. The molecule has 0 aliphatic rings. The Morgan fingerprint density at radius 3 is 2.32 bits per heavy atom. The highest BCUT2D eigenvalue weighted by molar-refractivity contribution is 6.30. The number of pyridine rings is 1. The topological polar surface area (TPSA) is 75.9 Å². The molecule has 0 aliphatic carbocycles. The van der Waals surface area contributed by atoms with Crippen LogP contribution in [0.4, 0.5) is 11.6 Å². The fourth-order valence-electron chi connectivity index (χ4n) is 4.02. The van der Waals surface area contributed by atoms with Crippen molar-refractivity contribution in [1.82, 2.24) is 15.2 Å². The first-order chi connectivity index (χ1) is 16.6. The number of benzene rings is 3. The molecular weight excluding hydrogens is 450 g/mol. The summed E-state index contributed by atoms with van der Waals surface area (Å²) in [5, 5.41) is 13.4. The van der Waals surface area contributed by atoms with Gasteiger partial charge in [0.2, 0.25) is 0 Å². The van der Waals surface area contributed by atoms with Gasteiger partial charge in [-0.2, -0.15) is 9.67 Å². The number of anilines is 2. The molecule has 7 nitrogen and oxygen atoms in total. The van der Waals surface area contributed by atoms with Crippen molar-refractivity contribution in [3.05, 3.63) is 83.5 Å². The van der Waals surface area contributed by atoms with Crippen LogP contribution in [-0.2, 0) is 0 Å². The van der Waals surface area contributed by atoms with Crippen molar-refractivity contribution in [2.75, 3.05) is 19.5 Å². The van der Waals surface area contributed by atoms with Gasteiger partial charge >= 0.3 is 11.9 Å². The average Bonchev–Trinajstić information content (AvgIpc) is 3.31. The number of nitrogens with one attached hydrogen (secondary N) is 2. The molecule has 0 bridgehead atoms. The van der Waals surface area contributed by atoms with Crippen LogP contribution >= 0.6 is 11.6 Å². The van der Waals surface area contributed by atoms with E-state index in [9.17, 15) is 0 Å². The highest BCUT2D eigenvalue weighted by Crippen LogP contribution is 2.36. The maximum absolute atomic E-state index is 6.19. The molecule has 5 aromatic rings. The molecule has 0 aliphatic heterocycles. The summed E-state index contributed by atoms with van der Waals surface area (Å²) in [4.78, 5) is 4.73. The lowest BCUT2D eigenvalue weighted by atomic mass is 10.0. The zero-order chi connectivity index (χ0) is 23.7. The van der Waals surface area contributed by atoms with Crippen LogP contribution in [0, 0.1) is 6.92 Å². The number of halogens is 1. The maximum Gasteiger partial charge on any atom is 0.462 e. The molecule has 0 atom stereocenters. The molecule has 3 aromatic carbocycles. The molecule has 5 rings (SSSR count). The first-order valence-electron chi connectivity index (χ1n) is 10.7. The molecule has 0 spiro atoms. The summed E-state index contributed by atoms with van der Waals surface area (Å²) in [7, 11) is 3.26. The van der Waals surface area contributed by atoms with Crippen molar-refractivity contribution in [3.8, 4) is 28.7 Å². The van der Waals surface area contributed by atoms with Gasteiger partial charge in [0.15, 0.2) is 11.5 Å². The summed E-state index contributed by atoms with van der Waals surface area (Å²) >= 11 is 6.19. The lowest BCUT2D eigenvalue weighted by Gasteiger charge is -2.15. The first kappa shape index (κ1) is 21.7. The molecule has 0 unspecified atom stereocenters. The molecule has 0 amide bonds. The van der Waals surface area contributed by atoms with E-state index < -0.39 is 0 Å². The van der Waals surface area contributed by atoms with Gasteiger partial charge in [-0.15, -0.1) is 0 Å². The Morgan fingerprint density at radius 1 is 0.912 bits per heavy atom. The molecule has 2 N–H and O–H groups in total. The summed E-state index contributed by atoms with van der Waals surface area (Å²) < 4.78 is 13.1. The van der Waals surface area contributed by atoms with E-state index in [-0.39, 0.29) is 0 Å². The summed E-state index contributed by atoms with van der Waals surface area (Å²) in [6.07, 6.45) is 0. The molecule has 0 fully saturated rings. The molecule has 0 saturated carbocycles. The Bertz CT molecular complexity index is 1470. The van der Waals surface area contributed by atoms with Gasteiger partial charge in [0.1, 0.15) is 5.69 Å². The van der Waals surface area contributed by atoms with E-state index in [0.29, 0.717) is 28.4 Å². The number of fused-ring (bicyclic) bond motifs is 1. The van der Waals surface area contributed by atoms with E-state index in [0.717, 1.165) is 33.4 Å². The van der Waals surface area contributed by atoms with Crippen LogP contribution in [0.25, 0.3) is 28.0 Å². The van der Waals surface area contributed by atoms with Crippen LogP contribution in [0.2, 0.25) is 5.02 Å². The van der Waals surface area contributed by atoms with Crippen molar-refractivity contribution >= 4 is 34.0 Å².